The Morgan fingerprint density at radius 3 is 2.67 bits per heavy atom. The van der Waals surface area contributed by atoms with E-state index in [0.717, 1.165) is 0 Å². The monoisotopic (exact) mass is 283 g/mol. The molecule has 4 nitrogen and oxygen atoms in total. The van der Waals surface area contributed by atoms with Gasteiger partial charge in [-0.2, -0.15) is 13.2 Å². The average Bonchev–Trinajstić information content (AvgIpc) is 2.26. The number of amides is 1. The van der Waals surface area contributed by atoms with E-state index in [0.29, 0.717) is 5.02 Å². The van der Waals surface area contributed by atoms with Gasteiger partial charge in [0.05, 0.1) is 12.7 Å². The van der Waals surface area contributed by atoms with Gasteiger partial charge >= 0.3 is 6.18 Å². The molecule has 100 valence electrons. The smallest absolute Gasteiger partial charge is 0.414 e. The Kier molecular flexibility index (Phi) is 4.80. The van der Waals surface area contributed by atoms with Crippen LogP contribution in [0.1, 0.15) is 10.4 Å². The van der Waals surface area contributed by atoms with E-state index < -0.39 is 18.7 Å². The van der Waals surface area contributed by atoms with Crippen molar-refractivity contribution in [2.75, 3.05) is 13.7 Å². The fraction of sp³-hybridized carbons (Fsp3) is 0.300. The molecule has 0 heterocycles. The highest BCUT2D eigenvalue weighted by atomic mass is 35.5. The van der Waals surface area contributed by atoms with Crippen LogP contribution in [0.25, 0.3) is 0 Å². The van der Waals surface area contributed by atoms with Gasteiger partial charge in [0.2, 0.25) is 0 Å². The van der Waals surface area contributed by atoms with E-state index in [9.17, 15) is 18.0 Å². The molecule has 0 spiro atoms. The zero-order valence-electron chi connectivity index (χ0n) is 9.18. The zero-order chi connectivity index (χ0) is 13.8. The Labute approximate surface area is 106 Å². The minimum Gasteiger partial charge on any atom is -0.496 e. The Hall–Kier alpha value is -1.47. The van der Waals surface area contributed by atoms with Crippen LogP contribution in [-0.4, -0.2) is 25.8 Å². The molecule has 0 aliphatic heterocycles. The molecule has 0 fully saturated rings. The minimum atomic E-state index is -4.52. The molecule has 18 heavy (non-hydrogen) atoms. The van der Waals surface area contributed by atoms with Crippen molar-refractivity contribution >= 4 is 17.5 Å². The number of rotatable bonds is 4. The fourth-order valence-corrected chi connectivity index (χ4v) is 1.25. The minimum absolute atomic E-state index is 0.0177. The van der Waals surface area contributed by atoms with E-state index in [1.807, 2.05) is 0 Å². The van der Waals surface area contributed by atoms with Crippen LogP contribution in [0, 0.1) is 0 Å². The number of alkyl halides is 3. The van der Waals surface area contributed by atoms with Gasteiger partial charge in [-0.05, 0) is 18.2 Å². The van der Waals surface area contributed by atoms with E-state index in [2.05, 4.69) is 4.84 Å². The summed E-state index contributed by atoms with van der Waals surface area (Å²) in [5.74, 6) is -0.719. The molecule has 1 aromatic carbocycles. The molecule has 0 aromatic heterocycles. The molecule has 0 unspecified atom stereocenters. The summed E-state index contributed by atoms with van der Waals surface area (Å²) in [6, 6.07) is 4.08. The van der Waals surface area contributed by atoms with Crippen LogP contribution < -0.4 is 10.2 Å². The highest BCUT2D eigenvalue weighted by molar-refractivity contribution is 6.30. The van der Waals surface area contributed by atoms with Gasteiger partial charge in [-0.25, -0.2) is 5.48 Å². The van der Waals surface area contributed by atoms with Crippen LogP contribution in [-0.2, 0) is 4.84 Å². The number of hydroxylamine groups is 1. The second-order valence-corrected chi connectivity index (χ2v) is 3.62. The standard InChI is InChI=1S/C10H9ClF3NO3/c1-17-8-4-6(11)2-3-7(8)9(16)15-18-5-10(12,13)14/h2-4H,5H2,1H3,(H,15,16). The quantitative estimate of drug-likeness (QED) is 0.864. The summed E-state index contributed by atoms with van der Waals surface area (Å²) < 4.78 is 40.2. The largest absolute Gasteiger partial charge is 0.496 e. The summed E-state index contributed by atoms with van der Waals surface area (Å²) in [5, 5.41) is 0.333. The first-order chi connectivity index (χ1) is 8.33. The first kappa shape index (κ1) is 14.6. The van der Waals surface area contributed by atoms with Crippen molar-refractivity contribution in [3.63, 3.8) is 0 Å². The lowest BCUT2D eigenvalue weighted by molar-refractivity contribution is -0.184. The van der Waals surface area contributed by atoms with Crippen molar-refractivity contribution in [1.29, 1.82) is 0 Å². The van der Waals surface area contributed by atoms with Crippen LogP contribution >= 0.6 is 11.6 Å². The lowest BCUT2D eigenvalue weighted by Gasteiger charge is -2.10. The van der Waals surface area contributed by atoms with Crippen molar-refractivity contribution in [3.8, 4) is 5.75 Å². The summed E-state index contributed by atoms with van der Waals surface area (Å²) in [4.78, 5) is 15.5. The van der Waals surface area contributed by atoms with E-state index in [1.165, 1.54) is 25.3 Å². The topological polar surface area (TPSA) is 47.6 Å². The number of benzene rings is 1. The molecular formula is C10H9ClF3NO3. The molecule has 0 bridgehead atoms. The maximum Gasteiger partial charge on any atom is 0.414 e. The molecule has 0 radical (unpaired) electrons. The molecule has 1 rings (SSSR count). The third kappa shape index (κ3) is 4.42. The molecule has 0 aliphatic carbocycles. The number of carbonyl (C=O) groups is 1. The lowest BCUT2D eigenvalue weighted by atomic mass is 10.2. The third-order valence-electron chi connectivity index (χ3n) is 1.81. The number of methoxy groups -OCH3 is 1. The summed E-state index contributed by atoms with van der Waals surface area (Å²) in [5.41, 5.74) is 1.69. The maximum absolute atomic E-state index is 11.8. The normalized spacial score (nSPS) is 11.2. The fourth-order valence-electron chi connectivity index (χ4n) is 1.09. The molecule has 0 saturated heterocycles. The molecule has 0 atom stereocenters. The number of ether oxygens (including phenoxy) is 1. The Morgan fingerprint density at radius 2 is 2.11 bits per heavy atom. The Morgan fingerprint density at radius 1 is 1.44 bits per heavy atom. The third-order valence-corrected chi connectivity index (χ3v) is 2.04. The van der Waals surface area contributed by atoms with Gasteiger partial charge in [-0.1, -0.05) is 11.6 Å². The van der Waals surface area contributed by atoms with Gasteiger partial charge < -0.3 is 4.74 Å². The number of halogens is 4. The number of hydrogen-bond acceptors (Lipinski definition) is 3. The first-order valence-electron chi connectivity index (χ1n) is 4.66. The van der Waals surface area contributed by atoms with Crippen molar-refractivity contribution in [2.24, 2.45) is 0 Å². The van der Waals surface area contributed by atoms with Crippen molar-refractivity contribution in [2.45, 2.75) is 6.18 Å². The van der Waals surface area contributed by atoms with Gasteiger partial charge in [-0.3, -0.25) is 9.63 Å². The van der Waals surface area contributed by atoms with Gasteiger partial charge in [-0.15, -0.1) is 0 Å². The summed E-state index contributed by atoms with van der Waals surface area (Å²) in [7, 11) is 1.30. The highest BCUT2D eigenvalue weighted by Gasteiger charge is 2.28. The summed E-state index contributed by atoms with van der Waals surface area (Å²) >= 11 is 5.67. The van der Waals surface area contributed by atoms with Gasteiger partial charge in [0, 0.05) is 5.02 Å². The van der Waals surface area contributed by atoms with Gasteiger partial charge in [0.15, 0.2) is 6.61 Å². The second-order valence-electron chi connectivity index (χ2n) is 3.18. The maximum atomic E-state index is 11.8. The molecule has 0 aliphatic rings. The van der Waals surface area contributed by atoms with Crippen LogP contribution in [0.3, 0.4) is 0 Å². The molecular weight excluding hydrogens is 275 g/mol. The van der Waals surface area contributed by atoms with Crippen molar-refractivity contribution in [1.82, 2.24) is 5.48 Å². The summed E-state index contributed by atoms with van der Waals surface area (Å²) in [6.07, 6.45) is -4.52. The van der Waals surface area contributed by atoms with Crippen LogP contribution in [0.5, 0.6) is 5.75 Å². The van der Waals surface area contributed by atoms with Crippen LogP contribution in [0.15, 0.2) is 18.2 Å². The number of hydrogen-bond donors (Lipinski definition) is 1. The molecule has 1 N–H and O–H groups in total. The SMILES string of the molecule is COc1cc(Cl)ccc1C(=O)NOCC(F)(F)F. The second kappa shape index (κ2) is 5.92. The zero-order valence-corrected chi connectivity index (χ0v) is 9.93. The van der Waals surface area contributed by atoms with Crippen LogP contribution in [0.4, 0.5) is 13.2 Å². The molecule has 1 amide bonds. The van der Waals surface area contributed by atoms with E-state index in [1.54, 1.807) is 5.48 Å². The number of carbonyl (C=O) groups excluding carboxylic acids is 1. The predicted octanol–water partition coefficient (Wildman–Crippen LogP) is 2.57. The molecule has 0 saturated carbocycles. The molecule has 1 aromatic rings. The molecule has 8 heteroatoms. The van der Waals surface area contributed by atoms with E-state index in [-0.39, 0.29) is 11.3 Å². The Bertz CT molecular complexity index is 437. The first-order valence-corrected chi connectivity index (χ1v) is 5.03. The number of nitrogens with one attached hydrogen (secondary N) is 1. The average molecular weight is 284 g/mol. The Balaban J connectivity index is 2.67. The van der Waals surface area contributed by atoms with E-state index in [4.69, 9.17) is 16.3 Å². The summed E-state index contributed by atoms with van der Waals surface area (Å²) in [6.45, 7) is -1.57. The highest BCUT2D eigenvalue weighted by Crippen LogP contribution is 2.23. The van der Waals surface area contributed by atoms with Gasteiger partial charge in [0.25, 0.3) is 5.91 Å². The van der Waals surface area contributed by atoms with Crippen molar-refractivity contribution < 1.29 is 27.5 Å². The van der Waals surface area contributed by atoms with Crippen molar-refractivity contribution in [3.05, 3.63) is 28.8 Å². The van der Waals surface area contributed by atoms with Crippen LogP contribution in [0.2, 0.25) is 5.02 Å². The van der Waals surface area contributed by atoms with Gasteiger partial charge in [0.1, 0.15) is 5.75 Å². The van der Waals surface area contributed by atoms with E-state index >= 15 is 0 Å². The predicted molar refractivity (Wildman–Crippen MR) is 57.5 cm³/mol. The lowest BCUT2D eigenvalue weighted by Crippen LogP contribution is -2.29.